The van der Waals surface area contributed by atoms with E-state index >= 15 is 0 Å². The zero-order chi connectivity index (χ0) is 13.8. The Morgan fingerprint density at radius 2 is 2.16 bits per heavy atom. The molecule has 4 N–H and O–H groups in total. The van der Waals surface area contributed by atoms with Crippen LogP contribution in [0.5, 0.6) is 0 Å². The van der Waals surface area contributed by atoms with Crippen LogP contribution in [0.25, 0.3) is 0 Å². The maximum absolute atomic E-state index is 12.1. The fourth-order valence-electron chi connectivity index (χ4n) is 2.41. The van der Waals surface area contributed by atoms with Crippen molar-refractivity contribution in [3.05, 3.63) is 35.4 Å². The molecule has 0 radical (unpaired) electrons. The van der Waals surface area contributed by atoms with E-state index in [-0.39, 0.29) is 17.7 Å². The van der Waals surface area contributed by atoms with Crippen molar-refractivity contribution in [2.75, 3.05) is 0 Å². The van der Waals surface area contributed by atoms with Crippen LogP contribution in [-0.4, -0.2) is 23.0 Å². The number of hydrogen-bond acceptors (Lipinski definition) is 3. The second kappa shape index (κ2) is 5.73. The molecule has 2 rings (SSSR count). The van der Waals surface area contributed by atoms with Crippen molar-refractivity contribution < 1.29 is 10.0 Å². The van der Waals surface area contributed by atoms with Gasteiger partial charge in [0.15, 0.2) is 5.84 Å². The summed E-state index contributed by atoms with van der Waals surface area (Å²) in [6, 6.07) is 7.76. The molecule has 2 atom stereocenters. The van der Waals surface area contributed by atoms with Crippen LogP contribution in [0.1, 0.15) is 24.5 Å². The van der Waals surface area contributed by atoms with Gasteiger partial charge in [-0.3, -0.25) is 4.79 Å². The lowest BCUT2D eigenvalue weighted by atomic mass is 9.83. The van der Waals surface area contributed by atoms with E-state index in [0.29, 0.717) is 0 Å². The van der Waals surface area contributed by atoms with Crippen LogP contribution in [0.3, 0.4) is 0 Å². The summed E-state index contributed by atoms with van der Waals surface area (Å²) < 4.78 is 0. The Labute approximate surface area is 112 Å². The molecule has 1 aromatic rings. The average Bonchev–Trinajstić information content (AvgIpc) is 2.45. The SMILES string of the molecule is CC(NC(=O)C1CCc2ccccc2C1)/C(N)=N/O. The van der Waals surface area contributed by atoms with Crippen molar-refractivity contribution in [2.24, 2.45) is 16.8 Å². The van der Waals surface area contributed by atoms with Gasteiger partial charge in [0.2, 0.25) is 5.91 Å². The molecule has 0 aliphatic heterocycles. The number of nitrogens with one attached hydrogen (secondary N) is 1. The lowest BCUT2D eigenvalue weighted by Crippen LogP contribution is -2.45. The van der Waals surface area contributed by atoms with Crippen LogP contribution < -0.4 is 11.1 Å². The molecule has 0 spiro atoms. The van der Waals surface area contributed by atoms with E-state index in [1.807, 2.05) is 12.1 Å². The molecule has 1 aliphatic carbocycles. The van der Waals surface area contributed by atoms with Gasteiger partial charge < -0.3 is 16.3 Å². The van der Waals surface area contributed by atoms with Gasteiger partial charge >= 0.3 is 0 Å². The van der Waals surface area contributed by atoms with Crippen LogP contribution >= 0.6 is 0 Å². The molecular formula is C14H19N3O2. The number of carbonyl (C=O) groups excluding carboxylic acids is 1. The highest BCUT2D eigenvalue weighted by molar-refractivity contribution is 5.90. The third kappa shape index (κ3) is 3.05. The number of fused-ring (bicyclic) bond motifs is 1. The summed E-state index contributed by atoms with van der Waals surface area (Å²) in [6.07, 6.45) is 2.52. The number of nitrogens with zero attached hydrogens (tertiary/aromatic N) is 1. The molecule has 0 saturated heterocycles. The Morgan fingerprint density at radius 3 is 2.84 bits per heavy atom. The topological polar surface area (TPSA) is 87.7 Å². The Kier molecular flexibility index (Phi) is 4.04. The zero-order valence-electron chi connectivity index (χ0n) is 11.0. The fraction of sp³-hybridized carbons (Fsp3) is 0.429. The molecule has 0 fully saturated rings. The van der Waals surface area contributed by atoms with Crippen LogP contribution in [0.2, 0.25) is 0 Å². The van der Waals surface area contributed by atoms with Crippen molar-refractivity contribution >= 4 is 11.7 Å². The molecule has 19 heavy (non-hydrogen) atoms. The maximum Gasteiger partial charge on any atom is 0.224 e. The number of rotatable bonds is 3. The molecule has 1 aliphatic rings. The Hall–Kier alpha value is -2.04. The summed E-state index contributed by atoms with van der Waals surface area (Å²) >= 11 is 0. The average molecular weight is 261 g/mol. The van der Waals surface area contributed by atoms with Gasteiger partial charge in [0, 0.05) is 5.92 Å². The zero-order valence-corrected chi connectivity index (χ0v) is 11.0. The van der Waals surface area contributed by atoms with Gasteiger partial charge in [-0.1, -0.05) is 29.4 Å². The molecule has 1 amide bonds. The molecule has 0 heterocycles. The Morgan fingerprint density at radius 1 is 1.47 bits per heavy atom. The van der Waals surface area contributed by atoms with E-state index in [2.05, 4.69) is 22.6 Å². The van der Waals surface area contributed by atoms with Crippen molar-refractivity contribution in [2.45, 2.75) is 32.2 Å². The molecule has 2 unspecified atom stereocenters. The summed E-state index contributed by atoms with van der Waals surface area (Å²) in [6.45, 7) is 1.70. The minimum absolute atomic E-state index is 0.0181. The van der Waals surface area contributed by atoms with E-state index in [4.69, 9.17) is 10.9 Å². The predicted molar refractivity (Wildman–Crippen MR) is 73.0 cm³/mol. The molecule has 0 saturated carbocycles. The summed E-state index contributed by atoms with van der Waals surface area (Å²) in [5, 5.41) is 14.2. The monoisotopic (exact) mass is 261 g/mol. The lowest BCUT2D eigenvalue weighted by Gasteiger charge is -2.25. The minimum atomic E-state index is -0.449. The number of hydrogen-bond donors (Lipinski definition) is 3. The number of amides is 1. The van der Waals surface area contributed by atoms with Gasteiger partial charge in [0.05, 0.1) is 6.04 Å². The van der Waals surface area contributed by atoms with Crippen molar-refractivity contribution in [1.29, 1.82) is 0 Å². The third-order valence-electron chi connectivity index (χ3n) is 3.64. The van der Waals surface area contributed by atoms with Gasteiger partial charge in [-0.05, 0) is 37.3 Å². The molecule has 5 nitrogen and oxygen atoms in total. The Balaban J connectivity index is 1.99. The first-order valence-electron chi connectivity index (χ1n) is 6.46. The van der Waals surface area contributed by atoms with Gasteiger partial charge in [-0.2, -0.15) is 0 Å². The first kappa shape index (κ1) is 13.4. The second-order valence-corrected chi connectivity index (χ2v) is 4.96. The smallest absolute Gasteiger partial charge is 0.224 e. The van der Waals surface area contributed by atoms with E-state index in [1.165, 1.54) is 11.1 Å². The van der Waals surface area contributed by atoms with E-state index in [0.717, 1.165) is 19.3 Å². The summed E-state index contributed by atoms with van der Waals surface area (Å²) in [5.41, 5.74) is 8.03. The van der Waals surface area contributed by atoms with Crippen LogP contribution in [0, 0.1) is 5.92 Å². The van der Waals surface area contributed by atoms with Crippen LogP contribution in [0.15, 0.2) is 29.4 Å². The number of nitrogens with two attached hydrogens (primary N) is 1. The number of oxime groups is 1. The first-order chi connectivity index (χ1) is 9.11. The summed E-state index contributed by atoms with van der Waals surface area (Å²) in [5.74, 6) is -0.0537. The molecule has 0 aromatic heterocycles. The van der Waals surface area contributed by atoms with Crippen LogP contribution in [-0.2, 0) is 17.6 Å². The summed E-state index contributed by atoms with van der Waals surface area (Å²) in [4.78, 5) is 12.1. The number of amidine groups is 1. The van der Waals surface area contributed by atoms with E-state index in [1.54, 1.807) is 6.92 Å². The highest BCUT2D eigenvalue weighted by Crippen LogP contribution is 2.25. The number of aryl methyl sites for hydroxylation is 1. The predicted octanol–water partition coefficient (Wildman–Crippen LogP) is 1.04. The molecular weight excluding hydrogens is 242 g/mol. The van der Waals surface area contributed by atoms with Crippen molar-refractivity contribution in [3.8, 4) is 0 Å². The Bertz CT molecular complexity index is 499. The van der Waals surface area contributed by atoms with E-state index < -0.39 is 6.04 Å². The molecule has 102 valence electrons. The minimum Gasteiger partial charge on any atom is -0.409 e. The lowest BCUT2D eigenvalue weighted by molar-refractivity contribution is -0.125. The quantitative estimate of drug-likeness (QED) is 0.329. The largest absolute Gasteiger partial charge is 0.409 e. The fourth-order valence-corrected chi connectivity index (χ4v) is 2.41. The van der Waals surface area contributed by atoms with Gasteiger partial charge in [-0.15, -0.1) is 0 Å². The number of carbonyl (C=O) groups is 1. The standard InChI is InChI=1S/C14H19N3O2/c1-9(13(15)17-19)16-14(18)12-7-6-10-4-2-3-5-11(10)8-12/h2-5,9,12,19H,6-8H2,1H3,(H2,15,17)(H,16,18). The van der Waals surface area contributed by atoms with Gasteiger partial charge in [0.1, 0.15) is 0 Å². The molecule has 5 heteroatoms. The van der Waals surface area contributed by atoms with Gasteiger partial charge in [-0.25, -0.2) is 0 Å². The first-order valence-corrected chi connectivity index (χ1v) is 6.46. The van der Waals surface area contributed by atoms with Crippen molar-refractivity contribution in [1.82, 2.24) is 5.32 Å². The normalized spacial score (nSPS) is 20.5. The maximum atomic E-state index is 12.1. The van der Waals surface area contributed by atoms with E-state index in [9.17, 15) is 4.79 Å². The highest BCUT2D eigenvalue weighted by atomic mass is 16.4. The molecule has 1 aromatic carbocycles. The highest BCUT2D eigenvalue weighted by Gasteiger charge is 2.25. The van der Waals surface area contributed by atoms with Crippen LogP contribution in [0.4, 0.5) is 0 Å². The molecule has 0 bridgehead atoms. The van der Waals surface area contributed by atoms with Gasteiger partial charge in [0.25, 0.3) is 0 Å². The third-order valence-corrected chi connectivity index (χ3v) is 3.64. The number of benzene rings is 1. The van der Waals surface area contributed by atoms with Crippen molar-refractivity contribution in [3.63, 3.8) is 0 Å². The second-order valence-electron chi connectivity index (χ2n) is 4.96. The summed E-state index contributed by atoms with van der Waals surface area (Å²) in [7, 11) is 0.